The molecule has 1 aliphatic heterocycles. The molecule has 1 aliphatic rings. The van der Waals surface area contributed by atoms with Crippen molar-refractivity contribution in [2.24, 2.45) is 16.3 Å². The molecule has 2 unspecified atom stereocenters. The van der Waals surface area contributed by atoms with Crippen LogP contribution in [0, 0.1) is 18.3 Å². The Bertz CT molecular complexity index is 546. The maximum atomic E-state index is 6.07. The molecule has 0 radical (unpaired) electrons. The van der Waals surface area contributed by atoms with Crippen molar-refractivity contribution < 1.29 is 4.74 Å². The number of hydrogen-bond donors (Lipinski definition) is 2. The number of guanidine groups is 1. The van der Waals surface area contributed by atoms with Gasteiger partial charge in [-0.3, -0.25) is 9.67 Å². The Morgan fingerprint density at radius 1 is 1.40 bits per heavy atom. The summed E-state index contributed by atoms with van der Waals surface area (Å²) in [5.41, 5.74) is 1.34. The molecule has 6 heteroatoms. The van der Waals surface area contributed by atoms with Crippen LogP contribution in [-0.4, -0.2) is 48.1 Å². The summed E-state index contributed by atoms with van der Waals surface area (Å²) in [7, 11) is 0. The van der Waals surface area contributed by atoms with Crippen molar-refractivity contribution in [3.8, 4) is 0 Å². The second kappa shape index (κ2) is 9.22. The summed E-state index contributed by atoms with van der Waals surface area (Å²) in [6.45, 7) is 15.1. The molecule has 2 N–H and O–H groups in total. The Morgan fingerprint density at radius 2 is 2.20 bits per heavy atom. The second-order valence-electron chi connectivity index (χ2n) is 7.99. The lowest BCUT2D eigenvalue weighted by Gasteiger charge is -2.39. The van der Waals surface area contributed by atoms with Crippen LogP contribution >= 0.6 is 0 Å². The van der Waals surface area contributed by atoms with E-state index >= 15 is 0 Å². The molecular weight excluding hydrogens is 314 g/mol. The fraction of sp³-hybridized carbons (Fsp3) is 0.789. The third kappa shape index (κ3) is 6.34. The molecule has 0 spiro atoms. The number of ether oxygens (including phenoxy) is 1. The van der Waals surface area contributed by atoms with E-state index in [1.165, 1.54) is 12.0 Å². The van der Waals surface area contributed by atoms with Gasteiger partial charge >= 0.3 is 0 Å². The second-order valence-corrected chi connectivity index (χ2v) is 7.99. The lowest BCUT2D eigenvalue weighted by atomic mass is 9.78. The smallest absolute Gasteiger partial charge is 0.191 e. The average molecular weight is 350 g/mol. The summed E-state index contributed by atoms with van der Waals surface area (Å²) in [6.07, 6.45) is 6.54. The molecule has 25 heavy (non-hydrogen) atoms. The number of hydrogen-bond acceptors (Lipinski definition) is 3. The van der Waals surface area contributed by atoms with Gasteiger partial charge in [-0.25, -0.2) is 0 Å². The Labute approximate surface area is 152 Å². The molecule has 0 aliphatic carbocycles. The van der Waals surface area contributed by atoms with E-state index in [-0.39, 0.29) is 11.5 Å². The van der Waals surface area contributed by atoms with E-state index in [2.05, 4.69) is 56.5 Å². The fourth-order valence-electron chi connectivity index (χ4n) is 3.42. The van der Waals surface area contributed by atoms with E-state index in [1.807, 2.05) is 10.9 Å². The number of nitrogens with one attached hydrogen (secondary N) is 2. The lowest BCUT2D eigenvalue weighted by Crippen LogP contribution is -2.43. The quantitative estimate of drug-likeness (QED) is 0.612. The maximum absolute atomic E-state index is 6.07. The first-order valence-corrected chi connectivity index (χ1v) is 9.53. The predicted octanol–water partition coefficient (Wildman–Crippen LogP) is 2.59. The van der Waals surface area contributed by atoms with Gasteiger partial charge in [0.05, 0.1) is 18.8 Å². The molecule has 2 heterocycles. The molecule has 1 aromatic rings. The molecule has 6 nitrogen and oxygen atoms in total. The minimum absolute atomic E-state index is 0.157. The van der Waals surface area contributed by atoms with E-state index in [0.29, 0.717) is 5.92 Å². The molecule has 2 rings (SSSR count). The molecule has 2 atom stereocenters. The molecule has 142 valence electrons. The summed E-state index contributed by atoms with van der Waals surface area (Å²) in [5, 5.41) is 11.1. The standard InChI is InChI=1S/C19H35N5O/c1-6-20-18(21-9-10-24-14-15(2)12-23-24)22-13-16-8-7-11-25-17(16)19(3,4)5/h12,14,16-17H,6-11,13H2,1-5H3,(H2,20,21,22). The summed E-state index contributed by atoms with van der Waals surface area (Å²) in [6, 6.07) is 0. The molecule has 0 bridgehead atoms. The maximum Gasteiger partial charge on any atom is 0.191 e. The van der Waals surface area contributed by atoms with Crippen molar-refractivity contribution in [2.75, 3.05) is 26.2 Å². The highest BCUT2D eigenvalue weighted by molar-refractivity contribution is 5.79. The van der Waals surface area contributed by atoms with E-state index in [9.17, 15) is 0 Å². The van der Waals surface area contributed by atoms with Crippen LogP contribution in [0.5, 0.6) is 0 Å². The van der Waals surface area contributed by atoms with Crippen LogP contribution in [-0.2, 0) is 11.3 Å². The van der Waals surface area contributed by atoms with E-state index < -0.39 is 0 Å². The van der Waals surface area contributed by atoms with Crippen molar-refractivity contribution in [3.05, 3.63) is 18.0 Å². The first-order chi connectivity index (χ1) is 11.9. The molecule has 0 amide bonds. The average Bonchev–Trinajstić information content (AvgIpc) is 2.97. The minimum Gasteiger partial charge on any atom is -0.377 e. The van der Waals surface area contributed by atoms with Gasteiger partial charge < -0.3 is 15.4 Å². The number of rotatable bonds is 6. The summed E-state index contributed by atoms with van der Waals surface area (Å²) < 4.78 is 8.02. The first kappa shape index (κ1) is 19.8. The third-order valence-electron chi connectivity index (χ3n) is 4.52. The van der Waals surface area contributed by atoms with Gasteiger partial charge in [-0.2, -0.15) is 5.10 Å². The highest BCUT2D eigenvalue weighted by Gasteiger charge is 2.35. The Hall–Kier alpha value is -1.56. The summed E-state index contributed by atoms with van der Waals surface area (Å²) in [5.74, 6) is 1.36. The van der Waals surface area contributed by atoms with Gasteiger partial charge in [0.2, 0.25) is 0 Å². The van der Waals surface area contributed by atoms with E-state index in [1.54, 1.807) is 0 Å². The molecular formula is C19H35N5O. The fourth-order valence-corrected chi connectivity index (χ4v) is 3.42. The Kier molecular flexibility index (Phi) is 7.29. The highest BCUT2D eigenvalue weighted by Crippen LogP contribution is 2.34. The zero-order chi connectivity index (χ0) is 18.3. The highest BCUT2D eigenvalue weighted by atomic mass is 16.5. The molecule has 1 fully saturated rings. The number of aliphatic imine (C=N–C) groups is 1. The van der Waals surface area contributed by atoms with Gasteiger partial charge in [-0.15, -0.1) is 0 Å². The van der Waals surface area contributed by atoms with Crippen LogP contribution in [0.2, 0.25) is 0 Å². The SMILES string of the molecule is CCNC(=NCC1CCCOC1C(C)(C)C)NCCn1cc(C)cn1. The first-order valence-electron chi connectivity index (χ1n) is 9.53. The monoisotopic (exact) mass is 349 g/mol. The summed E-state index contributed by atoms with van der Waals surface area (Å²) >= 11 is 0. The lowest BCUT2D eigenvalue weighted by molar-refractivity contribution is -0.0823. The van der Waals surface area contributed by atoms with Gasteiger partial charge in [0, 0.05) is 38.4 Å². The normalized spacial score (nSPS) is 22.0. The molecule has 0 saturated carbocycles. The van der Waals surface area contributed by atoms with Crippen molar-refractivity contribution >= 4 is 5.96 Å². The minimum atomic E-state index is 0.157. The van der Waals surface area contributed by atoms with Crippen molar-refractivity contribution in [3.63, 3.8) is 0 Å². The Morgan fingerprint density at radius 3 is 2.84 bits per heavy atom. The van der Waals surface area contributed by atoms with Crippen molar-refractivity contribution in [2.45, 2.75) is 60.1 Å². The Balaban J connectivity index is 1.88. The van der Waals surface area contributed by atoms with Crippen LogP contribution in [0.15, 0.2) is 17.4 Å². The van der Waals surface area contributed by atoms with Gasteiger partial charge in [-0.05, 0) is 37.7 Å². The van der Waals surface area contributed by atoms with Crippen molar-refractivity contribution in [1.29, 1.82) is 0 Å². The third-order valence-corrected chi connectivity index (χ3v) is 4.52. The van der Waals surface area contributed by atoms with Crippen LogP contribution in [0.25, 0.3) is 0 Å². The molecule has 1 saturated heterocycles. The van der Waals surface area contributed by atoms with Gasteiger partial charge in [0.1, 0.15) is 0 Å². The largest absolute Gasteiger partial charge is 0.377 e. The van der Waals surface area contributed by atoms with Gasteiger partial charge in [-0.1, -0.05) is 20.8 Å². The van der Waals surface area contributed by atoms with Crippen LogP contribution in [0.4, 0.5) is 0 Å². The van der Waals surface area contributed by atoms with Crippen LogP contribution < -0.4 is 10.6 Å². The zero-order valence-corrected chi connectivity index (χ0v) is 16.5. The number of nitrogens with zero attached hydrogens (tertiary/aromatic N) is 3. The zero-order valence-electron chi connectivity index (χ0n) is 16.5. The molecule has 1 aromatic heterocycles. The van der Waals surface area contributed by atoms with Crippen molar-refractivity contribution in [1.82, 2.24) is 20.4 Å². The number of aromatic nitrogens is 2. The van der Waals surface area contributed by atoms with Gasteiger partial charge in [0.25, 0.3) is 0 Å². The van der Waals surface area contributed by atoms with Gasteiger partial charge in [0.15, 0.2) is 5.96 Å². The van der Waals surface area contributed by atoms with E-state index in [0.717, 1.165) is 45.2 Å². The summed E-state index contributed by atoms with van der Waals surface area (Å²) in [4.78, 5) is 4.82. The number of aryl methyl sites for hydroxylation is 1. The van der Waals surface area contributed by atoms with E-state index in [4.69, 9.17) is 9.73 Å². The van der Waals surface area contributed by atoms with Crippen LogP contribution in [0.1, 0.15) is 46.1 Å². The topological polar surface area (TPSA) is 63.5 Å². The van der Waals surface area contributed by atoms with Crippen LogP contribution in [0.3, 0.4) is 0 Å². The predicted molar refractivity (Wildman–Crippen MR) is 103 cm³/mol. The molecule has 0 aromatic carbocycles.